The van der Waals surface area contributed by atoms with Gasteiger partial charge in [-0.25, -0.2) is 0 Å². The largest absolute Gasteiger partial charge is 0.369 e. The average Bonchev–Trinajstić information content (AvgIpc) is 1.82. The first kappa shape index (κ1) is 7.95. The maximum absolute atomic E-state index is 10.4. The number of rotatable bonds is 4. The van der Waals surface area contributed by atoms with E-state index in [0.29, 0.717) is 6.42 Å². The van der Waals surface area contributed by atoms with Crippen LogP contribution in [0.1, 0.15) is 6.42 Å². The Morgan fingerprint density at radius 2 is 2.22 bits per heavy atom. The van der Waals surface area contributed by atoms with Crippen LogP contribution < -0.4 is 5.73 Å². The number of carbonyl (C=O) groups is 1. The van der Waals surface area contributed by atoms with E-state index in [-0.39, 0.29) is 11.8 Å². The molecule has 0 heterocycles. The van der Waals surface area contributed by atoms with Gasteiger partial charge in [-0.2, -0.15) is 0 Å². The summed E-state index contributed by atoms with van der Waals surface area (Å²) in [5.41, 5.74) is 4.98. The van der Waals surface area contributed by atoms with E-state index in [2.05, 4.69) is 13.2 Å². The smallest absolute Gasteiger partial charge is 0.224 e. The van der Waals surface area contributed by atoms with E-state index in [1.165, 1.54) is 6.08 Å². The first-order valence-electron chi connectivity index (χ1n) is 2.75. The van der Waals surface area contributed by atoms with Gasteiger partial charge in [-0.15, -0.1) is 13.2 Å². The third kappa shape index (κ3) is 2.69. The van der Waals surface area contributed by atoms with Crippen LogP contribution in [0.2, 0.25) is 0 Å². The van der Waals surface area contributed by atoms with E-state index >= 15 is 0 Å². The molecule has 0 saturated heterocycles. The Hall–Kier alpha value is -1.05. The first-order chi connectivity index (χ1) is 4.22. The second kappa shape index (κ2) is 3.89. The van der Waals surface area contributed by atoms with Gasteiger partial charge in [-0.1, -0.05) is 12.2 Å². The normalized spacial score (nSPS) is 12.0. The fourth-order valence-electron chi connectivity index (χ4n) is 0.508. The predicted octanol–water partition coefficient (Wildman–Crippen LogP) is 0.850. The molecule has 0 fully saturated rings. The van der Waals surface area contributed by atoms with Gasteiger partial charge in [0.2, 0.25) is 5.91 Å². The molecular weight excluding hydrogens is 114 g/mol. The fourth-order valence-corrected chi connectivity index (χ4v) is 0.508. The van der Waals surface area contributed by atoms with Crippen LogP contribution in [0, 0.1) is 5.92 Å². The van der Waals surface area contributed by atoms with Crippen molar-refractivity contribution in [2.24, 2.45) is 11.7 Å². The summed E-state index contributed by atoms with van der Waals surface area (Å²) in [7, 11) is 0. The molecule has 0 aromatic rings. The Bertz CT molecular complexity index is 129. The summed E-state index contributed by atoms with van der Waals surface area (Å²) in [5.74, 6) is -0.590. The van der Waals surface area contributed by atoms with Gasteiger partial charge in [0.25, 0.3) is 0 Å². The molecule has 0 aliphatic rings. The van der Waals surface area contributed by atoms with Crippen molar-refractivity contribution >= 4 is 5.91 Å². The molecule has 0 radical (unpaired) electrons. The highest BCUT2D eigenvalue weighted by atomic mass is 16.1. The number of amides is 1. The predicted molar refractivity (Wildman–Crippen MR) is 37.7 cm³/mol. The van der Waals surface area contributed by atoms with Crippen LogP contribution in [0.15, 0.2) is 25.3 Å². The molecule has 1 atom stereocenters. The summed E-state index contributed by atoms with van der Waals surface area (Å²) in [4.78, 5) is 10.4. The molecule has 0 aromatic heterocycles. The molecule has 0 aliphatic heterocycles. The van der Waals surface area contributed by atoms with Crippen molar-refractivity contribution in [1.82, 2.24) is 0 Å². The van der Waals surface area contributed by atoms with Gasteiger partial charge in [0.15, 0.2) is 0 Å². The zero-order valence-electron chi connectivity index (χ0n) is 5.34. The number of carbonyl (C=O) groups excluding carboxylic acids is 1. The molecule has 50 valence electrons. The number of nitrogens with two attached hydrogens (primary N) is 1. The second-order valence-electron chi connectivity index (χ2n) is 1.77. The summed E-state index contributed by atoms with van der Waals surface area (Å²) >= 11 is 0. The van der Waals surface area contributed by atoms with Gasteiger partial charge in [-0.05, 0) is 6.42 Å². The molecule has 0 aliphatic carbocycles. The third-order valence-corrected chi connectivity index (χ3v) is 1.07. The summed E-state index contributed by atoms with van der Waals surface area (Å²) in [6, 6.07) is 0. The van der Waals surface area contributed by atoms with E-state index in [0.717, 1.165) is 0 Å². The molecule has 0 spiro atoms. The van der Waals surface area contributed by atoms with Gasteiger partial charge in [0, 0.05) is 0 Å². The summed E-state index contributed by atoms with van der Waals surface area (Å²) in [6.07, 6.45) is 3.76. The van der Waals surface area contributed by atoms with Gasteiger partial charge in [0.1, 0.15) is 0 Å². The average molecular weight is 125 g/mol. The number of hydrogen-bond acceptors (Lipinski definition) is 1. The Morgan fingerprint density at radius 1 is 1.67 bits per heavy atom. The van der Waals surface area contributed by atoms with Crippen LogP contribution in [0.25, 0.3) is 0 Å². The molecular formula is C7H11NO. The van der Waals surface area contributed by atoms with Crippen molar-refractivity contribution in [3.05, 3.63) is 25.3 Å². The SMILES string of the molecule is C=CCC(C=C)C(N)=O. The van der Waals surface area contributed by atoms with Crippen molar-refractivity contribution in [2.75, 3.05) is 0 Å². The Morgan fingerprint density at radius 3 is 2.33 bits per heavy atom. The van der Waals surface area contributed by atoms with Gasteiger partial charge in [-0.3, -0.25) is 4.79 Å². The summed E-state index contributed by atoms with van der Waals surface area (Å²) < 4.78 is 0. The highest BCUT2D eigenvalue weighted by molar-refractivity contribution is 5.78. The molecule has 0 aromatic carbocycles. The fraction of sp³-hybridized carbons (Fsp3) is 0.286. The molecule has 0 bridgehead atoms. The Labute approximate surface area is 55.1 Å². The lowest BCUT2D eigenvalue weighted by molar-refractivity contribution is -0.120. The monoisotopic (exact) mass is 125 g/mol. The lowest BCUT2D eigenvalue weighted by Crippen LogP contribution is -2.20. The third-order valence-electron chi connectivity index (χ3n) is 1.07. The molecule has 9 heavy (non-hydrogen) atoms. The molecule has 2 heteroatoms. The molecule has 2 nitrogen and oxygen atoms in total. The van der Waals surface area contributed by atoms with E-state index in [1.54, 1.807) is 6.08 Å². The minimum atomic E-state index is -0.343. The van der Waals surface area contributed by atoms with Crippen LogP contribution in [0.4, 0.5) is 0 Å². The van der Waals surface area contributed by atoms with Gasteiger partial charge >= 0.3 is 0 Å². The molecule has 2 N–H and O–H groups in total. The second-order valence-corrected chi connectivity index (χ2v) is 1.77. The van der Waals surface area contributed by atoms with Crippen molar-refractivity contribution < 1.29 is 4.79 Å². The Balaban J connectivity index is 3.81. The maximum atomic E-state index is 10.4. The van der Waals surface area contributed by atoms with Crippen molar-refractivity contribution in [3.8, 4) is 0 Å². The minimum absolute atomic E-state index is 0.248. The van der Waals surface area contributed by atoms with Crippen LogP contribution in [0.3, 0.4) is 0 Å². The lowest BCUT2D eigenvalue weighted by Gasteiger charge is -2.01. The van der Waals surface area contributed by atoms with Crippen LogP contribution in [-0.2, 0) is 4.79 Å². The maximum Gasteiger partial charge on any atom is 0.224 e. The summed E-state index contributed by atoms with van der Waals surface area (Å²) in [5, 5.41) is 0. The van der Waals surface area contributed by atoms with Crippen molar-refractivity contribution in [3.63, 3.8) is 0 Å². The lowest BCUT2D eigenvalue weighted by atomic mass is 10.1. The Kier molecular flexibility index (Phi) is 3.44. The van der Waals surface area contributed by atoms with E-state index in [4.69, 9.17) is 5.73 Å². The molecule has 0 rings (SSSR count). The van der Waals surface area contributed by atoms with E-state index in [9.17, 15) is 4.79 Å². The zero-order valence-corrected chi connectivity index (χ0v) is 5.34. The highest BCUT2D eigenvalue weighted by Gasteiger charge is 2.06. The quantitative estimate of drug-likeness (QED) is 0.556. The minimum Gasteiger partial charge on any atom is -0.369 e. The molecule has 0 saturated carbocycles. The topological polar surface area (TPSA) is 43.1 Å². The number of hydrogen-bond donors (Lipinski definition) is 1. The van der Waals surface area contributed by atoms with E-state index in [1.807, 2.05) is 0 Å². The number of allylic oxidation sites excluding steroid dienone is 1. The van der Waals surface area contributed by atoms with Gasteiger partial charge in [0.05, 0.1) is 5.92 Å². The summed E-state index contributed by atoms with van der Waals surface area (Å²) in [6.45, 7) is 6.93. The van der Waals surface area contributed by atoms with Crippen LogP contribution in [0.5, 0.6) is 0 Å². The molecule has 1 amide bonds. The van der Waals surface area contributed by atoms with Gasteiger partial charge < -0.3 is 5.73 Å². The van der Waals surface area contributed by atoms with E-state index < -0.39 is 0 Å². The standard InChI is InChI=1S/C7H11NO/c1-3-5-6(4-2)7(8)9/h3-4,6H,1-2,5H2,(H2,8,9). The zero-order chi connectivity index (χ0) is 7.28. The van der Waals surface area contributed by atoms with Crippen molar-refractivity contribution in [2.45, 2.75) is 6.42 Å². The highest BCUT2D eigenvalue weighted by Crippen LogP contribution is 2.02. The first-order valence-corrected chi connectivity index (χ1v) is 2.75. The van der Waals surface area contributed by atoms with Crippen molar-refractivity contribution in [1.29, 1.82) is 0 Å². The number of primary amides is 1. The van der Waals surface area contributed by atoms with Crippen LogP contribution in [-0.4, -0.2) is 5.91 Å². The molecule has 1 unspecified atom stereocenters. The van der Waals surface area contributed by atoms with Crippen LogP contribution >= 0.6 is 0 Å².